The first-order chi connectivity index (χ1) is 9.72. The molecule has 110 valence electrons. The van der Waals surface area contributed by atoms with Gasteiger partial charge in [0.15, 0.2) is 0 Å². The zero-order valence-corrected chi connectivity index (χ0v) is 12.7. The number of benzene rings is 1. The predicted molar refractivity (Wildman–Crippen MR) is 84.2 cm³/mol. The summed E-state index contributed by atoms with van der Waals surface area (Å²) < 4.78 is 5.82. The van der Waals surface area contributed by atoms with E-state index in [4.69, 9.17) is 4.74 Å². The highest BCUT2D eigenvalue weighted by Crippen LogP contribution is 2.33. The van der Waals surface area contributed by atoms with Crippen LogP contribution in [-0.4, -0.2) is 37.7 Å². The molecule has 3 heteroatoms. The van der Waals surface area contributed by atoms with Gasteiger partial charge >= 0.3 is 0 Å². The minimum absolute atomic E-state index is 0.373. The molecule has 1 aliphatic heterocycles. The SMILES string of the molecule is C=C(C)C[C@H](c1ccccc1OCC)N1CCNCC1. The van der Waals surface area contributed by atoms with Gasteiger partial charge in [0, 0.05) is 37.8 Å². The molecule has 0 amide bonds. The number of hydrogen-bond donors (Lipinski definition) is 1. The molecule has 0 bridgehead atoms. The second-order valence-corrected chi connectivity index (χ2v) is 5.43. The van der Waals surface area contributed by atoms with Gasteiger partial charge < -0.3 is 10.1 Å². The molecule has 1 fully saturated rings. The topological polar surface area (TPSA) is 24.5 Å². The summed E-state index contributed by atoms with van der Waals surface area (Å²) >= 11 is 0. The highest BCUT2D eigenvalue weighted by molar-refractivity contribution is 5.36. The van der Waals surface area contributed by atoms with Crippen LogP contribution in [0.15, 0.2) is 36.4 Å². The lowest BCUT2D eigenvalue weighted by atomic mass is 9.97. The van der Waals surface area contributed by atoms with Crippen LogP contribution in [0.1, 0.15) is 31.9 Å². The first-order valence-corrected chi connectivity index (χ1v) is 7.53. The Morgan fingerprint density at radius 2 is 2.05 bits per heavy atom. The van der Waals surface area contributed by atoms with Gasteiger partial charge in [0.25, 0.3) is 0 Å². The van der Waals surface area contributed by atoms with E-state index in [9.17, 15) is 0 Å². The summed E-state index contributed by atoms with van der Waals surface area (Å²) in [6.07, 6.45) is 0.990. The molecule has 3 nitrogen and oxygen atoms in total. The van der Waals surface area contributed by atoms with Gasteiger partial charge in [-0.25, -0.2) is 0 Å². The third kappa shape index (κ3) is 3.84. The van der Waals surface area contributed by atoms with Gasteiger partial charge in [-0.2, -0.15) is 0 Å². The summed E-state index contributed by atoms with van der Waals surface area (Å²) in [5, 5.41) is 3.42. The number of rotatable bonds is 6. The van der Waals surface area contributed by atoms with Crippen molar-refractivity contribution >= 4 is 0 Å². The number of hydrogen-bond acceptors (Lipinski definition) is 3. The summed E-state index contributed by atoms with van der Waals surface area (Å²) in [4.78, 5) is 2.54. The lowest BCUT2D eigenvalue weighted by Crippen LogP contribution is -2.45. The minimum Gasteiger partial charge on any atom is -0.494 e. The molecule has 2 rings (SSSR count). The van der Waals surface area contributed by atoms with Crippen LogP contribution in [-0.2, 0) is 0 Å². The van der Waals surface area contributed by atoms with E-state index in [0.717, 1.165) is 38.3 Å². The number of ether oxygens (including phenoxy) is 1. The van der Waals surface area contributed by atoms with Crippen molar-refractivity contribution in [2.24, 2.45) is 0 Å². The molecular formula is C17H26N2O. The minimum atomic E-state index is 0.373. The van der Waals surface area contributed by atoms with Crippen molar-refractivity contribution in [3.63, 3.8) is 0 Å². The third-order valence-corrected chi connectivity index (χ3v) is 3.71. The second-order valence-electron chi connectivity index (χ2n) is 5.43. The number of nitrogens with one attached hydrogen (secondary N) is 1. The molecule has 1 aliphatic rings. The Hall–Kier alpha value is -1.32. The molecule has 1 aromatic rings. The van der Waals surface area contributed by atoms with E-state index in [2.05, 4.69) is 41.9 Å². The van der Waals surface area contributed by atoms with E-state index >= 15 is 0 Å². The van der Waals surface area contributed by atoms with E-state index in [1.54, 1.807) is 0 Å². The molecule has 1 saturated heterocycles. The van der Waals surface area contributed by atoms with E-state index < -0.39 is 0 Å². The van der Waals surface area contributed by atoms with Crippen molar-refractivity contribution in [3.05, 3.63) is 42.0 Å². The highest BCUT2D eigenvalue weighted by Gasteiger charge is 2.24. The normalized spacial score (nSPS) is 17.7. The number of piperazine rings is 1. The maximum Gasteiger partial charge on any atom is 0.124 e. The Morgan fingerprint density at radius 1 is 1.35 bits per heavy atom. The van der Waals surface area contributed by atoms with Crippen molar-refractivity contribution in [2.45, 2.75) is 26.3 Å². The van der Waals surface area contributed by atoms with Crippen LogP contribution in [0.4, 0.5) is 0 Å². The Kier molecular flexibility index (Phi) is 5.62. The standard InChI is InChI=1S/C17H26N2O/c1-4-20-17-8-6-5-7-15(17)16(13-14(2)3)19-11-9-18-10-12-19/h5-8,16,18H,2,4,9-13H2,1,3H3/t16-/m1/s1. The molecule has 0 aromatic heterocycles. The average Bonchev–Trinajstić information content (AvgIpc) is 2.47. The predicted octanol–water partition coefficient (Wildman–Crippen LogP) is 3.00. The summed E-state index contributed by atoms with van der Waals surface area (Å²) in [6, 6.07) is 8.79. The molecule has 1 heterocycles. The monoisotopic (exact) mass is 274 g/mol. The summed E-state index contributed by atoms with van der Waals surface area (Å²) in [6.45, 7) is 13.2. The Morgan fingerprint density at radius 3 is 2.70 bits per heavy atom. The van der Waals surface area contributed by atoms with Crippen molar-refractivity contribution in [3.8, 4) is 5.75 Å². The first kappa shape index (κ1) is 15.1. The van der Waals surface area contributed by atoms with Gasteiger partial charge in [0.2, 0.25) is 0 Å². The van der Waals surface area contributed by atoms with E-state index in [0.29, 0.717) is 12.6 Å². The average molecular weight is 274 g/mol. The molecule has 1 atom stereocenters. The van der Waals surface area contributed by atoms with Crippen LogP contribution in [0.25, 0.3) is 0 Å². The fraction of sp³-hybridized carbons (Fsp3) is 0.529. The number of para-hydroxylation sites is 1. The van der Waals surface area contributed by atoms with E-state index in [1.807, 2.05) is 13.0 Å². The second kappa shape index (κ2) is 7.46. The molecule has 0 radical (unpaired) electrons. The maximum atomic E-state index is 5.82. The summed E-state index contributed by atoms with van der Waals surface area (Å²) in [5.41, 5.74) is 2.51. The van der Waals surface area contributed by atoms with Crippen LogP contribution in [0.2, 0.25) is 0 Å². The highest BCUT2D eigenvalue weighted by atomic mass is 16.5. The van der Waals surface area contributed by atoms with Crippen LogP contribution in [0, 0.1) is 0 Å². The molecule has 0 saturated carbocycles. The Bertz CT molecular complexity index is 438. The molecule has 20 heavy (non-hydrogen) atoms. The number of nitrogens with zero attached hydrogens (tertiary/aromatic N) is 1. The fourth-order valence-corrected chi connectivity index (χ4v) is 2.80. The van der Waals surface area contributed by atoms with E-state index in [1.165, 1.54) is 11.1 Å². The van der Waals surface area contributed by atoms with Crippen molar-refractivity contribution in [1.82, 2.24) is 10.2 Å². The maximum absolute atomic E-state index is 5.82. The van der Waals surface area contributed by atoms with Crippen molar-refractivity contribution in [1.29, 1.82) is 0 Å². The molecule has 0 spiro atoms. The Balaban J connectivity index is 2.27. The first-order valence-electron chi connectivity index (χ1n) is 7.53. The van der Waals surface area contributed by atoms with E-state index in [-0.39, 0.29) is 0 Å². The molecule has 1 N–H and O–H groups in total. The molecule has 0 aliphatic carbocycles. The summed E-state index contributed by atoms with van der Waals surface area (Å²) in [5.74, 6) is 1.01. The van der Waals surface area contributed by atoms with Gasteiger partial charge in [-0.3, -0.25) is 4.90 Å². The van der Waals surface area contributed by atoms with Crippen LogP contribution in [0.3, 0.4) is 0 Å². The zero-order chi connectivity index (χ0) is 14.4. The fourth-order valence-electron chi connectivity index (χ4n) is 2.80. The largest absolute Gasteiger partial charge is 0.494 e. The molecule has 0 unspecified atom stereocenters. The Labute approximate surface area is 122 Å². The molecular weight excluding hydrogens is 248 g/mol. The summed E-state index contributed by atoms with van der Waals surface area (Å²) in [7, 11) is 0. The molecule has 1 aromatic carbocycles. The van der Waals surface area contributed by atoms with Gasteiger partial charge in [0.05, 0.1) is 6.61 Å². The van der Waals surface area contributed by atoms with Crippen LogP contribution in [0.5, 0.6) is 5.75 Å². The van der Waals surface area contributed by atoms with Gasteiger partial charge in [-0.05, 0) is 26.3 Å². The van der Waals surface area contributed by atoms with Crippen LogP contribution >= 0.6 is 0 Å². The quantitative estimate of drug-likeness (QED) is 0.807. The van der Waals surface area contributed by atoms with Gasteiger partial charge in [-0.15, -0.1) is 6.58 Å². The smallest absolute Gasteiger partial charge is 0.124 e. The van der Waals surface area contributed by atoms with Gasteiger partial charge in [0.1, 0.15) is 5.75 Å². The zero-order valence-electron chi connectivity index (χ0n) is 12.7. The lowest BCUT2D eigenvalue weighted by molar-refractivity contribution is 0.168. The van der Waals surface area contributed by atoms with Crippen molar-refractivity contribution < 1.29 is 4.74 Å². The van der Waals surface area contributed by atoms with Crippen molar-refractivity contribution in [2.75, 3.05) is 32.8 Å². The lowest BCUT2D eigenvalue weighted by Gasteiger charge is -2.36. The third-order valence-electron chi connectivity index (χ3n) is 3.71. The van der Waals surface area contributed by atoms with Crippen LogP contribution < -0.4 is 10.1 Å². The van der Waals surface area contributed by atoms with Gasteiger partial charge in [-0.1, -0.05) is 23.8 Å².